The van der Waals surface area contributed by atoms with Crippen LogP contribution in [0.1, 0.15) is 33.6 Å². The van der Waals surface area contributed by atoms with Crippen molar-refractivity contribution in [3.05, 3.63) is 0 Å². The molecule has 0 aromatic carbocycles. The van der Waals surface area contributed by atoms with Gasteiger partial charge in [0.1, 0.15) is 0 Å². The third-order valence-electron chi connectivity index (χ3n) is 2.91. The Morgan fingerprint density at radius 2 is 1.56 bits per heavy atom. The van der Waals surface area contributed by atoms with Gasteiger partial charge >= 0.3 is 6.18 Å². The molecule has 0 radical (unpaired) electrons. The number of halogens is 3. The van der Waals surface area contributed by atoms with Gasteiger partial charge in [0.25, 0.3) is 0 Å². The van der Waals surface area contributed by atoms with E-state index in [1.807, 2.05) is 4.90 Å². The minimum Gasteiger partial charge on any atom is -0.380 e. The normalized spacial score (nSPS) is 23.4. The molecule has 5 heteroatoms. The van der Waals surface area contributed by atoms with Crippen LogP contribution in [0.4, 0.5) is 13.2 Å². The first-order valence-electron chi connectivity index (χ1n) is 5.55. The maximum atomic E-state index is 12.5. The van der Waals surface area contributed by atoms with Gasteiger partial charge in [0.05, 0.1) is 0 Å². The van der Waals surface area contributed by atoms with E-state index in [1.165, 1.54) is 0 Å². The zero-order chi connectivity index (χ0) is 12.6. The third-order valence-corrected chi connectivity index (χ3v) is 2.91. The van der Waals surface area contributed by atoms with Crippen LogP contribution >= 0.6 is 0 Å². The zero-order valence-corrected chi connectivity index (χ0v) is 10.1. The first-order chi connectivity index (χ1) is 7.04. The largest absolute Gasteiger partial charge is 0.417 e. The van der Waals surface area contributed by atoms with Crippen LogP contribution in [0.5, 0.6) is 0 Å². The van der Waals surface area contributed by atoms with Crippen LogP contribution in [-0.4, -0.2) is 41.4 Å². The molecule has 0 aromatic rings. The van der Waals surface area contributed by atoms with Gasteiger partial charge in [0, 0.05) is 19.6 Å². The van der Waals surface area contributed by atoms with Crippen molar-refractivity contribution in [1.29, 1.82) is 0 Å². The van der Waals surface area contributed by atoms with Gasteiger partial charge in [-0.2, -0.15) is 13.2 Å². The van der Waals surface area contributed by atoms with E-state index in [0.717, 1.165) is 6.54 Å². The van der Waals surface area contributed by atoms with Gasteiger partial charge < -0.3 is 10.0 Å². The lowest BCUT2D eigenvalue weighted by atomic mass is 9.88. The number of likely N-dealkylation sites (tertiary alicyclic amines) is 1. The lowest BCUT2D eigenvalue weighted by molar-refractivity contribution is -0.273. The van der Waals surface area contributed by atoms with Crippen LogP contribution in [0.3, 0.4) is 0 Å². The molecule has 0 amide bonds. The molecular weight excluding hydrogens is 219 g/mol. The topological polar surface area (TPSA) is 23.5 Å². The fourth-order valence-corrected chi connectivity index (χ4v) is 2.04. The number of rotatable bonds is 1. The number of piperidine rings is 1. The predicted octanol–water partition coefficient (Wildman–Crippen LogP) is 2.42. The van der Waals surface area contributed by atoms with Crippen molar-refractivity contribution in [1.82, 2.24) is 4.90 Å². The Kier molecular flexibility index (Phi) is 3.60. The van der Waals surface area contributed by atoms with Gasteiger partial charge in [-0.1, -0.05) is 20.8 Å². The standard InChI is InChI=1S/C11H20F3NO/c1-9(2,3)8-15-6-4-10(16,5-7-15)11(12,13)14/h16H,4-8H2,1-3H3. The molecule has 1 fully saturated rings. The summed E-state index contributed by atoms with van der Waals surface area (Å²) in [6.45, 7) is 7.55. The second-order valence-electron chi connectivity index (χ2n) is 5.87. The van der Waals surface area contributed by atoms with E-state index in [2.05, 4.69) is 20.8 Å². The number of nitrogens with zero attached hydrogens (tertiary/aromatic N) is 1. The van der Waals surface area contributed by atoms with Gasteiger partial charge in [-0.15, -0.1) is 0 Å². The minimum atomic E-state index is -4.50. The Balaban J connectivity index is 2.52. The maximum Gasteiger partial charge on any atom is 0.417 e. The highest BCUT2D eigenvalue weighted by Gasteiger charge is 2.54. The summed E-state index contributed by atoms with van der Waals surface area (Å²) in [5.41, 5.74) is -2.39. The molecule has 1 aliphatic rings. The van der Waals surface area contributed by atoms with E-state index in [-0.39, 0.29) is 18.3 Å². The quantitative estimate of drug-likeness (QED) is 0.759. The van der Waals surface area contributed by atoms with Crippen molar-refractivity contribution in [3.8, 4) is 0 Å². The molecular formula is C11H20F3NO. The summed E-state index contributed by atoms with van der Waals surface area (Å²) in [5.74, 6) is 0. The Morgan fingerprint density at radius 3 is 1.88 bits per heavy atom. The van der Waals surface area contributed by atoms with E-state index in [9.17, 15) is 18.3 Å². The molecule has 1 rings (SSSR count). The molecule has 16 heavy (non-hydrogen) atoms. The molecule has 1 N–H and O–H groups in total. The number of hydrogen-bond acceptors (Lipinski definition) is 2. The first kappa shape index (κ1) is 13.8. The van der Waals surface area contributed by atoms with E-state index in [1.54, 1.807) is 0 Å². The fourth-order valence-electron chi connectivity index (χ4n) is 2.04. The highest BCUT2D eigenvalue weighted by molar-refractivity contribution is 4.92. The zero-order valence-electron chi connectivity index (χ0n) is 10.1. The van der Waals surface area contributed by atoms with Gasteiger partial charge in [-0.3, -0.25) is 0 Å². The van der Waals surface area contributed by atoms with Crippen molar-refractivity contribution in [2.24, 2.45) is 5.41 Å². The number of alkyl halides is 3. The Hall–Kier alpha value is -0.290. The van der Waals surface area contributed by atoms with E-state index in [0.29, 0.717) is 13.1 Å². The summed E-state index contributed by atoms with van der Waals surface area (Å²) >= 11 is 0. The van der Waals surface area contributed by atoms with Crippen molar-refractivity contribution < 1.29 is 18.3 Å². The summed E-state index contributed by atoms with van der Waals surface area (Å²) in [7, 11) is 0. The maximum absolute atomic E-state index is 12.5. The Bertz CT molecular complexity index is 237. The van der Waals surface area contributed by atoms with Crippen molar-refractivity contribution in [2.75, 3.05) is 19.6 Å². The van der Waals surface area contributed by atoms with Crippen LogP contribution in [0.15, 0.2) is 0 Å². The van der Waals surface area contributed by atoms with Crippen molar-refractivity contribution >= 4 is 0 Å². The minimum absolute atomic E-state index is 0.0771. The van der Waals surface area contributed by atoms with Crippen LogP contribution < -0.4 is 0 Å². The van der Waals surface area contributed by atoms with Gasteiger partial charge in [0.2, 0.25) is 0 Å². The van der Waals surface area contributed by atoms with Crippen LogP contribution in [-0.2, 0) is 0 Å². The molecule has 0 unspecified atom stereocenters. The van der Waals surface area contributed by atoms with Crippen LogP contribution in [0, 0.1) is 5.41 Å². The molecule has 0 aliphatic carbocycles. The Labute approximate surface area is 94.4 Å². The smallest absolute Gasteiger partial charge is 0.380 e. The number of aliphatic hydroxyl groups is 1. The summed E-state index contributed by atoms with van der Waals surface area (Å²) < 4.78 is 37.6. The molecule has 0 bridgehead atoms. The van der Waals surface area contributed by atoms with Crippen molar-refractivity contribution in [3.63, 3.8) is 0 Å². The molecule has 0 aromatic heterocycles. The molecule has 1 heterocycles. The van der Waals surface area contributed by atoms with E-state index >= 15 is 0 Å². The predicted molar refractivity (Wildman–Crippen MR) is 56.1 cm³/mol. The average molecular weight is 239 g/mol. The molecule has 0 saturated carbocycles. The highest BCUT2D eigenvalue weighted by atomic mass is 19.4. The van der Waals surface area contributed by atoms with Crippen LogP contribution in [0.25, 0.3) is 0 Å². The average Bonchev–Trinajstić information content (AvgIpc) is 2.05. The van der Waals surface area contributed by atoms with Crippen LogP contribution in [0.2, 0.25) is 0 Å². The summed E-state index contributed by atoms with van der Waals surface area (Å²) in [4.78, 5) is 1.99. The second-order valence-corrected chi connectivity index (χ2v) is 5.87. The molecule has 0 atom stereocenters. The highest BCUT2D eigenvalue weighted by Crippen LogP contribution is 2.38. The van der Waals surface area contributed by atoms with Crippen molar-refractivity contribution in [2.45, 2.75) is 45.4 Å². The first-order valence-corrected chi connectivity index (χ1v) is 5.55. The molecule has 1 aliphatic heterocycles. The lowest BCUT2D eigenvalue weighted by Gasteiger charge is -2.41. The van der Waals surface area contributed by atoms with E-state index in [4.69, 9.17) is 0 Å². The summed E-state index contributed by atoms with van der Waals surface area (Å²) in [6.07, 6.45) is -4.93. The molecule has 96 valence electrons. The summed E-state index contributed by atoms with van der Waals surface area (Å²) in [5, 5.41) is 9.47. The molecule has 0 spiro atoms. The Morgan fingerprint density at radius 1 is 1.12 bits per heavy atom. The monoisotopic (exact) mass is 239 g/mol. The summed E-state index contributed by atoms with van der Waals surface area (Å²) in [6, 6.07) is 0. The third kappa shape index (κ3) is 3.35. The lowest BCUT2D eigenvalue weighted by Crippen LogP contribution is -2.54. The second kappa shape index (κ2) is 4.18. The molecule has 2 nitrogen and oxygen atoms in total. The number of hydrogen-bond donors (Lipinski definition) is 1. The van der Waals surface area contributed by atoms with Gasteiger partial charge in [-0.25, -0.2) is 0 Å². The van der Waals surface area contributed by atoms with Gasteiger partial charge in [-0.05, 0) is 18.3 Å². The van der Waals surface area contributed by atoms with E-state index < -0.39 is 11.8 Å². The van der Waals surface area contributed by atoms with Gasteiger partial charge in [0.15, 0.2) is 5.60 Å². The SMILES string of the molecule is CC(C)(C)CN1CCC(O)(C(F)(F)F)CC1. The molecule has 1 saturated heterocycles. The fraction of sp³-hybridized carbons (Fsp3) is 1.00.